The maximum atomic E-state index is 9.39. The molecular weight excluding hydrogens is 178 g/mol. The van der Waals surface area contributed by atoms with Crippen LogP contribution in [0, 0.1) is 0 Å². The van der Waals surface area contributed by atoms with Gasteiger partial charge in [-0.25, -0.2) is 0 Å². The predicted molar refractivity (Wildman–Crippen MR) is 45.9 cm³/mol. The predicted octanol–water partition coefficient (Wildman–Crippen LogP) is 0.715. The zero-order valence-corrected chi connectivity index (χ0v) is 7.15. The van der Waals surface area contributed by atoms with E-state index in [0.717, 1.165) is 0 Å². The molecule has 0 aliphatic carbocycles. The Bertz CT molecular complexity index is 230. The quantitative estimate of drug-likeness (QED) is 0.686. The molecule has 1 aromatic rings. The van der Waals surface area contributed by atoms with Crippen LogP contribution in [0.15, 0.2) is 24.4 Å². The molecule has 2 N–H and O–H groups in total. The minimum atomic E-state index is -0.997. The highest BCUT2D eigenvalue weighted by Crippen LogP contribution is 2.14. The van der Waals surface area contributed by atoms with Gasteiger partial charge >= 0.3 is 0 Å². The molecule has 0 radical (unpaired) electrons. The van der Waals surface area contributed by atoms with Crippen molar-refractivity contribution < 1.29 is 10.2 Å². The number of aliphatic hydroxyl groups is 2. The lowest BCUT2D eigenvalue weighted by Crippen LogP contribution is -2.20. The van der Waals surface area contributed by atoms with Gasteiger partial charge in [-0.1, -0.05) is 6.07 Å². The summed E-state index contributed by atoms with van der Waals surface area (Å²) in [5.74, 6) is -0.00224. The molecule has 0 amide bonds. The largest absolute Gasteiger partial charge is 0.389 e. The number of alkyl halides is 1. The van der Waals surface area contributed by atoms with Gasteiger partial charge in [0.15, 0.2) is 0 Å². The first kappa shape index (κ1) is 9.45. The molecule has 0 aliphatic heterocycles. The van der Waals surface area contributed by atoms with E-state index in [9.17, 15) is 5.11 Å². The lowest BCUT2D eigenvalue weighted by molar-refractivity contribution is 0.0300. The maximum Gasteiger partial charge on any atom is 0.123 e. The SMILES string of the molecule is OC(CCl)C(O)c1ccccn1. The maximum absolute atomic E-state index is 9.39. The highest BCUT2D eigenvalue weighted by atomic mass is 35.5. The third-order valence-corrected chi connectivity index (χ3v) is 1.83. The Morgan fingerprint density at radius 2 is 2.17 bits per heavy atom. The molecule has 0 spiro atoms. The van der Waals surface area contributed by atoms with Crippen LogP contribution in [-0.4, -0.2) is 27.2 Å². The van der Waals surface area contributed by atoms with Crippen LogP contribution < -0.4 is 0 Å². The molecule has 0 saturated carbocycles. The Hall–Kier alpha value is -0.640. The number of aliphatic hydroxyl groups excluding tert-OH is 2. The van der Waals surface area contributed by atoms with Gasteiger partial charge in [-0.3, -0.25) is 4.98 Å². The van der Waals surface area contributed by atoms with Crippen LogP contribution in [0.2, 0.25) is 0 Å². The fraction of sp³-hybridized carbons (Fsp3) is 0.375. The molecule has 4 heteroatoms. The molecule has 66 valence electrons. The molecule has 0 saturated heterocycles. The fourth-order valence-corrected chi connectivity index (χ4v) is 1.00. The van der Waals surface area contributed by atoms with Crippen molar-refractivity contribution in [3.63, 3.8) is 0 Å². The van der Waals surface area contributed by atoms with Crippen molar-refractivity contribution in [2.24, 2.45) is 0 Å². The molecular formula is C8H10ClNO2. The molecule has 12 heavy (non-hydrogen) atoms. The molecule has 3 nitrogen and oxygen atoms in total. The number of pyridine rings is 1. The van der Waals surface area contributed by atoms with Gasteiger partial charge in [-0.05, 0) is 12.1 Å². The summed E-state index contributed by atoms with van der Waals surface area (Å²) in [5, 5.41) is 18.6. The van der Waals surface area contributed by atoms with E-state index in [0.29, 0.717) is 5.69 Å². The number of hydrogen-bond acceptors (Lipinski definition) is 3. The summed E-state index contributed by atoms with van der Waals surface area (Å²) >= 11 is 5.36. The number of halogens is 1. The number of aromatic nitrogens is 1. The van der Waals surface area contributed by atoms with E-state index < -0.39 is 12.2 Å². The van der Waals surface area contributed by atoms with Crippen molar-refractivity contribution in [3.8, 4) is 0 Å². The number of nitrogens with zero attached hydrogens (tertiary/aromatic N) is 1. The van der Waals surface area contributed by atoms with Crippen LogP contribution in [0.4, 0.5) is 0 Å². The minimum absolute atomic E-state index is 0.00224. The zero-order valence-electron chi connectivity index (χ0n) is 6.39. The molecule has 1 aromatic heterocycles. The second kappa shape index (κ2) is 4.40. The Morgan fingerprint density at radius 3 is 2.67 bits per heavy atom. The molecule has 2 atom stereocenters. The normalized spacial score (nSPS) is 15.6. The average molecular weight is 188 g/mol. The van der Waals surface area contributed by atoms with Gasteiger partial charge < -0.3 is 10.2 Å². The van der Waals surface area contributed by atoms with Crippen molar-refractivity contribution in [1.29, 1.82) is 0 Å². The second-order valence-electron chi connectivity index (χ2n) is 2.42. The van der Waals surface area contributed by atoms with Gasteiger partial charge in [0.1, 0.15) is 6.10 Å². The van der Waals surface area contributed by atoms with Crippen LogP contribution >= 0.6 is 11.6 Å². The standard InChI is InChI=1S/C8H10ClNO2/c9-5-7(11)8(12)6-3-1-2-4-10-6/h1-4,7-8,11-12H,5H2. The van der Waals surface area contributed by atoms with Gasteiger partial charge in [0, 0.05) is 6.20 Å². The number of hydrogen-bond donors (Lipinski definition) is 2. The minimum Gasteiger partial charge on any atom is -0.389 e. The summed E-state index contributed by atoms with van der Waals surface area (Å²) in [7, 11) is 0. The highest BCUT2D eigenvalue weighted by Gasteiger charge is 2.17. The van der Waals surface area contributed by atoms with Crippen molar-refractivity contribution in [3.05, 3.63) is 30.1 Å². The van der Waals surface area contributed by atoms with E-state index in [4.69, 9.17) is 16.7 Å². The summed E-state index contributed by atoms with van der Waals surface area (Å²) in [6, 6.07) is 5.12. The Labute approximate surface area is 75.6 Å². The smallest absolute Gasteiger partial charge is 0.123 e. The van der Waals surface area contributed by atoms with Crippen LogP contribution in [-0.2, 0) is 0 Å². The van der Waals surface area contributed by atoms with E-state index in [2.05, 4.69) is 4.98 Å². The van der Waals surface area contributed by atoms with Gasteiger partial charge in [-0.15, -0.1) is 11.6 Å². The van der Waals surface area contributed by atoms with Crippen molar-refractivity contribution in [2.75, 3.05) is 5.88 Å². The van der Waals surface area contributed by atoms with E-state index in [1.165, 1.54) is 0 Å². The van der Waals surface area contributed by atoms with Crippen molar-refractivity contribution >= 4 is 11.6 Å². The average Bonchev–Trinajstić information content (AvgIpc) is 2.17. The van der Waals surface area contributed by atoms with Gasteiger partial charge in [-0.2, -0.15) is 0 Å². The first-order valence-corrected chi connectivity index (χ1v) is 4.12. The lowest BCUT2D eigenvalue weighted by atomic mass is 10.1. The summed E-state index contributed by atoms with van der Waals surface area (Å²) in [5.41, 5.74) is 0.436. The van der Waals surface area contributed by atoms with E-state index in [1.807, 2.05) is 0 Å². The van der Waals surface area contributed by atoms with Crippen molar-refractivity contribution in [2.45, 2.75) is 12.2 Å². The third-order valence-electron chi connectivity index (χ3n) is 1.51. The first-order chi connectivity index (χ1) is 5.75. The molecule has 0 fully saturated rings. The van der Waals surface area contributed by atoms with Crippen LogP contribution in [0.1, 0.15) is 11.8 Å². The monoisotopic (exact) mass is 187 g/mol. The van der Waals surface area contributed by atoms with Crippen LogP contribution in [0.3, 0.4) is 0 Å². The molecule has 1 rings (SSSR count). The van der Waals surface area contributed by atoms with Crippen LogP contribution in [0.5, 0.6) is 0 Å². The van der Waals surface area contributed by atoms with E-state index >= 15 is 0 Å². The highest BCUT2D eigenvalue weighted by molar-refractivity contribution is 6.18. The van der Waals surface area contributed by atoms with Crippen LogP contribution in [0.25, 0.3) is 0 Å². The number of rotatable bonds is 3. The first-order valence-electron chi connectivity index (χ1n) is 3.58. The second-order valence-corrected chi connectivity index (χ2v) is 2.73. The van der Waals surface area contributed by atoms with E-state index in [1.54, 1.807) is 24.4 Å². The molecule has 0 aliphatic rings. The van der Waals surface area contributed by atoms with Crippen molar-refractivity contribution in [1.82, 2.24) is 4.98 Å². The third kappa shape index (κ3) is 2.17. The van der Waals surface area contributed by atoms with Gasteiger partial charge in [0.2, 0.25) is 0 Å². The molecule has 1 heterocycles. The summed E-state index contributed by atoms with van der Waals surface area (Å²) in [6.07, 6.45) is -0.398. The zero-order chi connectivity index (χ0) is 8.97. The summed E-state index contributed by atoms with van der Waals surface area (Å²) in [4.78, 5) is 3.88. The topological polar surface area (TPSA) is 53.4 Å². The molecule has 0 bridgehead atoms. The summed E-state index contributed by atoms with van der Waals surface area (Å²) < 4.78 is 0. The Balaban J connectivity index is 2.71. The summed E-state index contributed by atoms with van der Waals surface area (Å²) in [6.45, 7) is 0. The van der Waals surface area contributed by atoms with Gasteiger partial charge in [0.05, 0.1) is 17.7 Å². The Kier molecular flexibility index (Phi) is 3.47. The van der Waals surface area contributed by atoms with E-state index in [-0.39, 0.29) is 5.88 Å². The molecule has 2 unspecified atom stereocenters. The lowest BCUT2D eigenvalue weighted by Gasteiger charge is -2.13. The fourth-order valence-electron chi connectivity index (χ4n) is 0.832. The molecule has 0 aromatic carbocycles. The van der Waals surface area contributed by atoms with Gasteiger partial charge in [0.25, 0.3) is 0 Å². The Morgan fingerprint density at radius 1 is 1.42 bits per heavy atom.